The van der Waals surface area contributed by atoms with Crippen LogP contribution in [0.15, 0.2) is 0 Å². The van der Waals surface area contributed by atoms with Gasteiger partial charge in [0.2, 0.25) is 0 Å². The molecule has 0 amide bonds. The predicted octanol–water partition coefficient (Wildman–Crippen LogP) is 6.96. The van der Waals surface area contributed by atoms with Gasteiger partial charge in [-0.1, -0.05) is 0 Å². The van der Waals surface area contributed by atoms with E-state index in [0.29, 0.717) is 0 Å². The molecule has 0 rings (SSSR count). The normalized spacial score (nSPS) is 10.5. The second-order valence-electron chi connectivity index (χ2n) is 6.60. The Labute approximate surface area is 145 Å². The van der Waals surface area contributed by atoms with Crippen LogP contribution in [0.25, 0.3) is 0 Å². The summed E-state index contributed by atoms with van der Waals surface area (Å²) in [6.45, 7) is 9.19. The molecule has 0 unspecified atom stereocenters. The average molecular weight is 409 g/mol. The Balaban J connectivity index is 4.77. The van der Waals surface area contributed by atoms with Gasteiger partial charge in [-0.3, -0.25) is 0 Å². The molecule has 0 aliphatic rings. The molecule has 0 atom stereocenters. The first kappa shape index (κ1) is 21.9. The van der Waals surface area contributed by atoms with Gasteiger partial charge in [-0.05, 0) is 0 Å². The van der Waals surface area contributed by atoms with Gasteiger partial charge in [-0.25, -0.2) is 0 Å². The molecule has 0 aromatic rings. The molecule has 0 bridgehead atoms. The van der Waals surface area contributed by atoms with Gasteiger partial charge >= 0.3 is 145 Å². The first-order chi connectivity index (χ1) is 10.7. The van der Waals surface area contributed by atoms with Crippen molar-refractivity contribution in [2.45, 2.75) is 105 Å². The van der Waals surface area contributed by atoms with Crippen molar-refractivity contribution in [1.29, 1.82) is 0 Å². The third kappa shape index (κ3) is 11.5. The van der Waals surface area contributed by atoms with Crippen LogP contribution in [0.1, 0.15) is 91.9 Å². The zero-order valence-corrected chi connectivity index (χ0v) is 18.5. The van der Waals surface area contributed by atoms with Crippen molar-refractivity contribution in [1.82, 2.24) is 0 Å². The zero-order valence-electron chi connectivity index (χ0n) is 15.7. The summed E-state index contributed by atoms with van der Waals surface area (Å²) in [4.78, 5) is 0. The SMILES string of the molecule is CCCCCC#CC#[C][Sn]([CH2]CCC)([CH2]CCC)[CH2]CCC. The molecule has 126 valence electrons. The summed E-state index contributed by atoms with van der Waals surface area (Å²) in [5, 5.41) is 0. The zero-order chi connectivity index (χ0) is 16.5. The molecule has 0 spiro atoms. The van der Waals surface area contributed by atoms with E-state index < -0.39 is 18.4 Å². The molecule has 0 aliphatic carbocycles. The van der Waals surface area contributed by atoms with Gasteiger partial charge in [0.1, 0.15) is 0 Å². The van der Waals surface area contributed by atoms with Crippen LogP contribution in [0.3, 0.4) is 0 Å². The molecule has 0 nitrogen and oxygen atoms in total. The van der Waals surface area contributed by atoms with Crippen molar-refractivity contribution in [2.75, 3.05) is 0 Å². The predicted molar refractivity (Wildman–Crippen MR) is 105 cm³/mol. The molecule has 0 aliphatic heterocycles. The van der Waals surface area contributed by atoms with E-state index >= 15 is 0 Å². The molecule has 0 saturated carbocycles. The first-order valence-electron chi connectivity index (χ1n) is 9.74. The summed E-state index contributed by atoms with van der Waals surface area (Å²) in [6.07, 6.45) is 13.0. The van der Waals surface area contributed by atoms with Gasteiger partial charge in [0.15, 0.2) is 0 Å². The number of hydrogen-bond acceptors (Lipinski definition) is 0. The number of rotatable bonds is 12. The first-order valence-corrected chi connectivity index (χ1v) is 17.2. The Morgan fingerprint density at radius 2 is 1.09 bits per heavy atom. The Bertz CT molecular complexity index is 339. The van der Waals surface area contributed by atoms with Gasteiger partial charge in [-0.15, -0.1) is 0 Å². The van der Waals surface area contributed by atoms with Crippen molar-refractivity contribution in [3.63, 3.8) is 0 Å². The van der Waals surface area contributed by atoms with Gasteiger partial charge in [0, 0.05) is 0 Å². The molecule has 0 saturated heterocycles. The molecule has 0 aromatic carbocycles. The van der Waals surface area contributed by atoms with E-state index in [4.69, 9.17) is 0 Å². The topological polar surface area (TPSA) is 0 Å². The van der Waals surface area contributed by atoms with Crippen LogP contribution < -0.4 is 0 Å². The molecule has 0 heterocycles. The van der Waals surface area contributed by atoms with Crippen LogP contribution in [0, 0.1) is 21.7 Å². The Kier molecular flexibility index (Phi) is 15.7. The van der Waals surface area contributed by atoms with E-state index in [1.54, 1.807) is 0 Å². The second kappa shape index (κ2) is 15.8. The third-order valence-electron chi connectivity index (χ3n) is 4.41. The molecule has 0 radical (unpaired) electrons. The minimum atomic E-state index is -2.23. The molecule has 0 N–H and O–H groups in total. The van der Waals surface area contributed by atoms with Gasteiger partial charge < -0.3 is 0 Å². The summed E-state index contributed by atoms with van der Waals surface area (Å²) < 4.78 is 8.22. The van der Waals surface area contributed by atoms with Crippen molar-refractivity contribution in [3.05, 3.63) is 0 Å². The quantitative estimate of drug-likeness (QED) is 0.186. The van der Waals surface area contributed by atoms with Crippen molar-refractivity contribution in [2.24, 2.45) is 0 Å². The maximum absolute atomic E-state index is 3.81. The maximum atomic E-state index is 3.81. The van der Waals surface area contributed by atoms with E-state index in [1.165, 1.54) is 71.1 Å². The fourth-order valence-electron chi connectivity index (χ4n) is 2.84. The molecule has 1 heteroatoms. The van der Waals surface area contributed by atoms with E-state index in [2.05, 4.69) is 49.4 Å². The van der Waals surface area contributed by atoms with Crippen LogP contribution in [0.4, 0.5) is 0 Å². The second-order valence-corrected chi connectivity index (χ2v) is 18.9. The van der Waals surface area contributed by atoms with Crippen LogP contribution in [0.2, 0.25) is 13.3 Å². The molecule has 0 aromatic heterocycles. The summed E-state index contributed by atoms with van der Waals surface area (Å²) >= 11 is -2.23. The fourth-order valence-corrected chi connectivity index (χ4v) is 15.8. The van der Waals surface area contributed by atoms with Crippen LogP contribution in [0.5, 0.6) is 0 Å². The summed E-state index contributed by atoms with van der Waals surface area (Å²) in [5.41, 5.74) is 0. The summed E-state index contributed by atoms with van der Waals surface area (Å²) in [5.74, 6) is 9.75. The Hall–Kier alpha value is -0.0813. The van der Waals surface area contributed by atoms with Gasteiger partial charge in [0.05, 0.1) is 0 Å². The molecular weight excluding hydrogens is 371 g/mol. The fraction of sp³-hybridized carbons (Fsp3) is 0.810. The van der Waals surface area contributed by atoms with Crippen molar-refractivity contribution < 1.29 is 0 Å². The molecule has 0 fully saturated rings. The van der Waals surface area contributed by atoms with Crippen molar-refractivity contribution >= 4 is 18.4 Å². The third-order valence-corrected chi connectivity index (χ3v) is 17.5. The monoisotopic (exact) mass is 410 g/mol. The van der Waals surface area contributed by atoms with Gasteiger partial charge in [0.25, 0.3) is 0 Å². The summed E-state index contributed by atoms with van der Waals surface area (Å²) in [6, 6.07) is 0. The summed E-state index contributed by atoms with van der Waals surface area (Å²) in [7, 11) is 0. The van der Waals surface area contributed by atoms with Crippen molar-refractivity contribution in [3.8, 4) is 21.7 Å². The van der Waals surface area contributed by atoms with E-state index in [-0.39, 0.29) is 0 Å². The van der Waals surface area contributed by atoms with E-state index in [9.17, 15) is 0 Å². The number of unbranched alkanes of at least 4 members (excludes halogenated alkanes) is 6. The van der Waals surface area contributed by atoms with Crippen LogP contribution in [-0.4, -0.2) is 18.4 Å². The van der Waals surface area contributed by atoms with E-state index in [1.807, 2.05) is 0 Å². The number of hydrogen-bond donors (Lipinski definition) is 0. The Morgan fingerprint density at radius 1 is 0.591 bits per heavy atom. The van der Waals surface area contributed by atoms with Crippen LogP contribution in [-0.2, 0) is 0 Å². The Morgan fingerprint density at radius 3 is 1.55 bits per heavy atom. The molecule has 22 heavy (non-hydrogen) atoms. The average Bonchev–Trinajstić information content (AvgIpc) is 2.55. The standard InChI is InChI=1S/C9H11.3C4H9.Sn/c1-3-5-7-9-8-6-4-2;3*1-3-4-2;/h3,5,7,9H2,1H3;3*1,3-4H2,2H3;. The van der Waals surface area contributed by atoms with E-state index in [0.717, 1.165) is 6.42 Å². The van der Waals surface area contributed by atoms with Crippen LogP contribution >= 0.6 is 0 Å². The molecular formula is C21H38Sn. The van der Waals surface area contributed by atoms with Gasteiger partial charge in [-0.2, -0.15) is 0 Å². The minimum absolute atomic E-state index is 1.03.